The summed E-state index contributed by atoms with van der Waals surface area (Å²) in [6.45, 7) is 2.46. The Balaban J connectivity index is 1.62. The predicted octanol–water partition coefficient (Wildman–Crippen LogP) is 2.70. The third kappa shape index (κ3) is 3.94. The molecule has 1 aromatic carbocycles. The van der Waals surface area contributed by atoms with Crippen molar-refractivity contribution in [2.75, 3.05) is 29.3 Å². The van der Waals surface area contributed by atoms with E-state index in [0.29, 0.717) is 29.8 Å². The van der Waals surface area contributed by atoms with Crippen LogP contribution < -0.4 is 25.6 Å². The van der Waals surface area contributed by atoms with Crippen molar-refractivity contribution in [1.82, 2.24) is 9.97 Å². The number of ether oxygens (including phenoxy) is 1. The van der Waals surface area contributed by atoms with Crippen LogP contribution in [0.5, 0.6) is 5.75 Å². The van der Waals surface area contributed by atoms with Gasteiger partial charge in [0.05, 0.1) is 13.3 Å². The molecular weight excluding hydrogens is 408 g/mol. The number of benzene rings is 1. The molecule has 32 heavy (non-hydrogen) atoms. The topological polar surface area (TPSA) is 114 Å². The van der Waals surface area contributed by atoms with E-state index in [2.05, 4.69) is 15.2 Å². The van der Waals surface area contributed by atoms with Gasteiger partial charge in [-0.3, -0.25) is 9.59 Å². The molecule has 0 unspecified atom stereocenters. The summed E-state index contributed by atoms with van der Waals surface area (Å²) in [6.07, 6.45) is 6.94. The fraction of sp³-hybridized carbons (Fsp3) is 0.478. The molecule has 2 heterocycles. The standard InChI is InChI=1S/C23H30N6O3/c1-4-17-22(31)28(2)18-13-26-23(27-21(18)29(17)16-7-5-6-8-16)25-12-15-10-9-14(20(24)30)11-19(15)32-3/h9-11,13,16-17H,4-8,12H2,1-3H3,(H2,24,30)(H,25,26,27)/t17-/m1/s1. The lowest BCUT2D eigenvalue weighted by atomic mass is 10.0. The number of nitrogens with one attached hydrogen (secondary N) is 1. The highest BCUT2D eigenvalue weighted by atomic mass is 16.5. The molecule has 2 amide bonds. The van der Waals surface area contributed by atoms with E-state index in [9.17, 15) is 9.59 Å². The van der Waals surface area contributed by atoms with Crippen LogP contribution >= 0.6 is 0 Å². The Morgan fingerprint density at radius 1 is 1.31 bits per heavy atom. The normalized spacial score (nSPS) is 18.6. The lowest BCUT2D eigenvalue weighted by molar-refractivity contribution is -0.120. The molecule has 3 N–H and O–H groups in total. The van der Waals surface area contributed by atoms with Crippen LogP contribution in [0.2, 0.25) is 0 Å². The highest BCUT2D eigenvalue weighted by molar-refractivity contribution is 6.04. The van der Waals surface area contributed by atoms with Gasteiger partial charge in [-0.1, -0.05) is 25.8 Å². The minimum absolute atomic E-state index is 0.0930. The van der Waals surface area contributed by atoms with Gasteiger partial charge in [-0.15, -0.1) is 0 Å². The molecule has 0 spiro atoms. The Hall–Kier alpha value is -3.36. The van der Waals surface area contributed by atoms with Gasteiger partial charge in [0.1, 0.15) is 17.5 Å². The lowest BCUT2D eigenvalue weighted by Gasteiger charge is -2.43. The van der Waals surface area contributed by atoms with Gasteiger partial charge in [-0.05, 0) is 31.4 Å². The van der Waals surface area contributed by atoms with E-state index in [0.717, 1.165) is 36.3 Å². The minimum atomic E-state index is -0.503. The molecule has 1 fully saturated rings. The van der Waals surface area contributed by atoms with Crippen molar-refractivity contribution in [2.45, 2.75) is 57.7 Å². The second-order valence-electron chi connectivity index (χ2n) is 8.31. The molecule has 1 atom stereocenters. The average molecular weight is 439 g/mol. The maximum atomic E-state index is 13.0. The molecule has 9 nitrogen and oxygen atoms in total. The third-order valence-electron chi connectivity index (χ3n) is 6.42. The summed E-state index contributed by atoms with van der Waals surface area (Å²) in [5.74, 6) is 1.44. The fourth-order valence-electron chi connectivity index (χ4n) is 4.69. The summed E-state index contributed by atoms with van der Waals surface area (Å²) in [6, 6.07) is 5.21. The van der Waals surface area contributed by atoms with E-state index in [1.807, 2.05) is 6.92 Å². The first-order valence-corrected chi connectivity index (χ1v) is 11.1. The summed E-state index contributed by atoms with van der Waals surface area (Å²) >= 11 is 0. The zero-order valence-electron chi connectivity index (χ0n) is 18.8. The van der Waals surface area contributed by atoms with Gasteiger partial charge in [0.2, 0.25) is 17.8 Å². The minimum Gasteiger partial charge on any atom is -0.496 e. The van der Waals surface area contributed by atoms with Crippen molar-refractivity contribution in [2.24, 2.45) is 5.73 Å². The van der Waals surface area contributed by atoms with Gasteiger partial charge >= 0.3 is 0 Å². The van der Waals surface area contributed by atoms with Crippen molar-refractivity contribution in [1.29, 1.82) is 0 Å². The number of carbonyl (C=O) groups is 2. The first-order valence-electron chi connectivity index (χ1n) is 11.1. The smallest absolute Gasteiger partial charge is 0.249 e. The van der Waals surface area contributed by atoms with Crippen LogP contribution in [0.15, 0.2) is 24.4 Å². The second kappa shape index (κ2) is 9.02. The van der Waals surface area contributed by atoms with Crippen LogP contribution in [0, 0.1) is 0 Å². The largest absolute Gasteiger partial charge is 0.496 e. The first-order chi connectivity index (χ1) is 15.4. The van der Waals surface area contributed by atoms with E-state index in [-0.39, 0.29) is 11.9 Å². The molecule has 0 radical (unpaired) electrons. The number of rotatable bonds is 7. The number of carbonyl (C=O) groups excluding carboxylic acids is 2. The monoisotopic (exact) mass is 438 g/mol. The van der Waals surface area contributed by atoms with Gasteiger partial charge < -0.3 is 25.6 Å². The third-order valence-corrected chi connectivity index (χ3v) is 6.42. The van der Waals surface area contributed by atoms with Crippen LogP contribution in [0.25, 0.3) is 0 Å². The second-order valence-corrected chi connectivity index (χ2v) is 8.31. The molecule has 0 bridgehead atoms. The number of nitrogens with two attached hydrogens (primary N) is 1. The molecule has 2 aliphatic rings. The summed E-state index contributed by atoms with van der Waals surface area (Å²) < 4.78 is 5.41. The number of fused-ring (bicyclic) bond motifs is 1. The van der Waals surface area contributed by atoms with Crippen LogP contribution in [-0.4, -0.2) is 48.0 Å². The van der Waals surface area contributed by atoms with Gasteiger partial charge in [-0.25, -0.2) is 4.98 Å². The van der Waals surface area contributed by atoms with Gasteiger partial charge in [0.25, 0.3) is 0 Å². The van der Waals surface area contributed by atoms with E-state index in [1.54, 1.807) is 43.5 Å². The molecule has 1 aliphatic carbocycles. The Labute approximate surface area is 188 Å². The number of anilines is 3. The average Bonchev–Trinajstić information content (AvgIpc) is 3.33. The summed E-state index contributed by atoms with van der Waals surface area (Å²) in [4.78, 5) is 37.6. The number of methoxy groups -OCH3 is 1. The van der Waals surface area contributed by atoms with E-state index >= 15 is 0 Å². The fourth-order valence-corrected chi connectivity index (χ4v) is 4.69. The number of likely N-dealkylation sites (N-methyl/N-ethyl adjacent to an activating group) is 1. The van der Waals surface area contributed by atoms with Crippen molar-refractivity contribution < 1.29 is 14.3 Å². The predicted molar refractivity (Wildman–Crippen MR) is 123 cm³/mol. The van der Waals surface area contributed by atoms with Gasteiger partial charge in [0, 0.05) is 30.8 Å². The molecule has 1 saturated carbocycles. The summed E-state index contributed by atoms with van der Waals surface area (Å²) in [7, 11) is 3.34. The van der Waals surface area contributed by atoms with Gasteiger partial charge in [0.15, 0.2) is 5.82 Å². The Morgan fingerprint density at radius 2 is 2.06 bits per heavy atom. The van der Waals surface area contributed by atoms with Crippen LogP contribution in [0.1, 0.15) is 54.9 Å². The SMILES string of the molecule is CC[C@@H]1C(=O)N(C)c2cnc(NCc3ccc(C(N)=O)cc3OC)nc2N1C1CCCC1. The van der Waals surface area contributed by atoms with E-state index in [4.69, 9.17) is 15.5 Å². The first kappa shape index (κ1) is 21.9. The molecule has 4 rings (SSSR count). The van der Waals surface area contributed by atoms with Crippen LogP contribution in [0.4, 0.5) is 17.5 Å². The molecular formula is C23H30N6O3. The lowest BCUT2D eigenvalue weighted by Crippen LogP contribution is -2.55. The zero-order chi connectivity index (χ0) is 22.8. The van der Waals surface area contributed by atoms with Crippen molar-refractivity contribution >= 4 is 29.3 Å². The van der Waals surface area contributed by atoms with Crippen LogP contribution in [-0.2, 0) is 11.3 Å². The Bertz CT molecular complexity index is 1020. The summed E-state index contributed by atoms with van der Waals surface area (Å²) in [5, 5.41) is 3.26. The number of hydrogen-bond acceptors (Lipinski definition) is 7. The Morgan fingerprint density at radius 3 is 2.72 bits per heavy atom. The zero-order valence-corrected chi connectivity index (χ0v) is 18.8. The molecule has 2 aromatic rings. The van der Waals surface area contributed by atoms with Gasteiger partial charge in [-0.2, -0.15) is 4.98 Å². The molecule has 170 valence electrons. The van der Waals surface area contributed by atoms with E-state index < -0.39 is 5.91 Å². The molecule has 1 aromatic heterocycles. The van der Waals surface area contributed by atoms with Crippen molar-refractivity contribution in [3.8, 4) is 5.75 Å². The van der Waals surface area contributed by atoms with Crippen molar-refractivity contribution in [3.05, 3.63) is 35.5 Å². The molecule has 0 saturated heterocycles. The molecule has 9 heteroatoms. The molecule has 1 aliphatic heterocycles. The number of primary amides is 1. The van der Waals surface area contributed by atoms with E-state index in [1.165, 1.54) is 12.8 Å². The van der Waals surface area contributed by atoms with Crippen LogP contribution in [0.3, 0.4) is 0 Å². The quantitative estimate of drug-likeness (QED) is 0.683. The Kier molecular flexibility index (Phi) is 6.16. The number of nitrogens with zero attached hydrogens (tertiary/aromatic N) is 4. The number of amides is 2. The van der Waals surface area contributed by atoms with Crippen molar-refractivity contribution in [3.63, 3.8) is 0 Å². The number of aromatic nitrogens is 2. The maximum Gasteiger partial charge on any atom is 0.249 e. The highest BCUT2D eigenvalue weighted by Crippen LogP contribution is 2.39. The highest BCUT2D eigenvalue weighted by Gasteiger charge is 2.41. The summed E-state index contributed by atoms with van der Waals surface area (Å²) in [5.41, 5.74) is 7.34. The maximum absolute atomic E-state index is 13.0. The number of hydrogen-bond donors (Lipinski definition) is 2.